The van der Waals surface area contributed by atoms with Crippen LogP contribution in [0.25, 0.3) is 0 Å². The molecule has 0 aromatic heterocycles. The van der Waals surface area contributed by atoms with Gasteiger partial charge in [0.2, 0.25) is 5.91 Å². The van der Waals surface area contributed by atoms with Crippen LogP contribution in [0, 0.1) is 0 Å². The van der Waals surface area contributed by atoms with Crippen LogP contribution < -0.4 is 10.6 Å². The third-order valence-corrected chi connectivity index (χ3v) is 3.91. The lowest BCUT2D eigenvalue weighted by Crippen LogP contribution is -2.34. The molecule has 1 aliphatic rings. The number of hydrogen-bond donors (Lipinski definition) is 2. The van der Waals surface area contributed by atoms with Gasteiger partial charge < -0.3 is 10.6 Å². The summed E-state index contributed by atoms with van der Waals surface area (Å²) in [5.41, 5.74) is 2.24. The molecular formula is C17H26N2O. The first kappa shape index (κ1) is 15.0. The zero-order valence-electron chi connectivity index (χ0n) is 12.5. The number of carbonyl (C=O) groups is 1. The van der Waals surface area contributed by atoms with Gasteiger partial charge in [0.1, 0.15) is 0 Å². The van der Waals surface area contributed by atoms with Crippen LogP contribution in [0.5, 0.6) is 0 Å². The summed E-state index contributed by atoms with van der Waals surface area (Å²) in [6, 6.07) is 8.73. The molecular weight excluding hydrogens is 248 g/mol. The highest BCUT2D eigenvalue weighted by Crippen LogP contribution is 2.14. The first-order valence-electron chi connectivity index (χ1n) is 7.90. The normalized spacial score (nSPS) is 18.8. The Labute approximate surface area is 122 Å². The molecule has 110 valence electrons. The Hall–Kier alpha value is -1.35. The van der Waals surface area contributed by atoms with E-state index in [9.17, 15) is 4.79 Å². The summed E-state index contributed by atoms with van der Waals surface area (Å²) in [4.78, 5) is 11.9. The van der Waals surface area contributed by atoms with E-state index in [1.165, 1.54) is 24.8 Å². The second-order valence-corrected chi connectivity index (χ2v) is 5.68. The minimum atomic E-state index is 0.126. The van der Waals surface area contributed by atoms with E-state index in [1.54, 1.807) is 0 Å². The molecule has 3 nitrogen and oxygen atoms in total. The number of rotatable bonds is 6. The van der Waals surface area contributed by atoms with Crippen LogP contribution in [0.15, 0.2) is 24.3 Å². The van der Waals surface area contributed by atoms with Gasteiger partial charge >= 0.3 is 0 Å². The molecule has 1 unspecified atom stereocenters. The Morgan fingerprint density at radius 2 is 2.10 bits per heavy atom. The molecule has 2 N–H and O–H groups in total. The van der Waals surface area contributed by atoms with Crippen LogP contribution in [-0.4, -0.2) is 18.5 Å². The standard InChI is InChI=1S/C17H26N2O/c1-2-5-14-7-9-16(10-8-14)19-17(20)12-11-15-6-3-4-13-18-15/h7-10,15,18H,2-6,11-13H2,1H3,(H,19,20). The maximum Gasteiger partial charge on any atom is 0.224 e. The predicted molar refractivity (Wildman–Crippen MR) is 83.9 cm³/mol. The molecule has 1 heterocycles. The lowest BCUT2D eigenvalue weighted by atomic mass is 10.0. The van der Waals surface area contributed by atoms with E-state index in [2.05, 4.69) is 29.7 Å². The van der Waals surface area contributed by atoms with E-state index >= 15 is 0 Å². The number of hydrogen-bond acceptors (Lipinski definition) is 2. The second-order valence-electron chi connectivity index (χ2n) is 5.68. The van der Waals surface area contributed by atoms with Crippen LogP contribution in [0.3, 0.4) is 0 Å². The Balaban J connectivity index is 1.73. The van der Waals surface area contributed by atoms with Gasteiger partial charge in [-0.05, 0) is 49.9 Å². The number of nitrogens with one attached hydrogen (secondary N) is 2. The Morgan fingerprint density at radius 1 is 1.30 bits per heavy atom. The van der Waals surface area contributed by atoms with Crippen molar-refractivity contribution < 1.29 is 4.79 Å². The number of aryl methyl sites for hydroxylation is 1. The third kappa shape index (κ3) is 4.97. The maximum absolute atomic E-state index is 11.9. The van der Waals surface area contributed by atoms with Gasteiger partial charge in [-0.2, -0.15) is 0 Å². The average Bonchev–Trinajstić information content (AvgIpc) is 2.49. The van der Waals surface area contributed by atoms with Gasteiger partial charge in [0.05, 0.1) is 0 Å². The summed E-state index contributed by atoms with van der Waals surface area (Å²) in [6.07, 6.45) is 7.57. The monoisotopic (exact) mass is 274 g/mol. The van der Waals surface area contributed by atoms with Crippen molar-refractivity contribution in [2.24, 2.45) is 0 Å². The van der Waals surface area contributed by atoms with Crippen molar-refractivity contribution in [3.8, 4) is 0 Å². The van der Waals surface area contributed by atoms with Crippen LogP contribution in [-0.2, 0) is 11.2 Å². The molecule has 0 saturated carbocycles. The highest BCUT2D eigenvalue weighted by Gasteiger charge is 2.13. The van der Waals surface area contributed by atoms with Gasteiger partial charge in [-0.15, -0.1) is 0 Å². The first-order chi connectivity index (χ1) is 9.78. The van der Waals surface area contributed by atoms with E-state index in [1.807, 2.05) is 12.1 Å². The molecule has 1 saturated heterocycles. The summed E-state index contributed by atoms with van der Waals surface area (Å²) >= 11 is 0. The fourth-order valence-electron chi connectivity index (χ4n) is 2.74. The molecule has 1 aliphatic heterocycles. The van der Waals surface area contributed by atoms with Crippen molar-refractivity contribution >= 4 is 11.6 Å². The number of carbonyl (C=O) groups excluding carboxylic acids is 1. The summed E-state index contributed by atoms with van der Waals surface area (Å²) in [5.74, 6) is 0.126. The largest absolute Gasteiger partial charge is 0.326 e. The Kier molecular flexibility index (Phi) is 6.06. The minimum Gasteiger partial charge on any atom is -0.326 e. The minimum absolute atomic E-state index is 0.126. The van der Waals surface area contributed by atoms with Crippen LogP contribution >= 0.6 is 0 Å². The number of benzene rings is 1. The molecule has 3 heteroatoms. The van der Waals surface area contributed by atoms with Crippen LogP contribution in [0.1, 0.15) is 51.0 Å². The van der Waals surface area contributed by atoms with Crippen molar-refractivity contribution in [2.75, 3.05) is 11.9 Å². The van der Waals surface area contributed by atoms with Gasteiger partial charge in [-0.25, -0.2) is 0 Å². The predicted octanol–water partition coefficient (Wildman–Crippen LogP) is 3.50. The maximum atomic E-state index is 11.9. The first-order valence-corrected chi connectivity index (χ1v) is 7.90. The quantitative estimate of drug-likeness (QED) is 0.833. The fourth-order valence-corrected chi connectivity index (χ4v) is 2.74. The molecule has 1 aromatic carbocycles. The third-order valence-electron chi connectivity index (χ3n) is 3.91. The van der Waals surface area contributed by atoms with Gasteiger partial charge in [0.15, 0.2) is 0 Å². The molecule has 1 fully saturated rings. The molecule has 0 spiro atoms. The number of amides is 1. The molecule has 0 aliphatic carbocycles. The zero-order chi connectivity index (χ0) is 14.2. The zero-order valence-corrected chi connectivity index (χ0v) is 12.5. The summed E-state index contributed by atoms with van der Waals surface area (Å²) in [6.45, 7) is 3.28. The smallest absolute Gasteiger partial charge is 0.224 e. The van der Waals surface area contributed by atoms with Crippen molar-refractivity contribution in [1.82, 2.24) is 5.32 Å². The van der Waals surface area contributed by atoms with E-state index in [0.717, 1.165) is 31.5 Å². The number of anilines is 1. The van der Waals surface area contributed by atoms with E-state index < -0.39 is 0 Å². The van der Waals surface area contributed by atoms with Gasteiger partial charge in [0.25, 0.3) is 0 Å². The topological polar surface area (TPSA) is 41.1 Å². The fraction of sp³-hybridized carbons (Fsp3) is 0.588. The number of piperidine rings is 1. The Morgan fingerprint density at radius 3 is 2.75 bits per heavy atom. The van der Waals surface area contributed by atoms with Gasteiger partial charge in [-0.3, -0.25) is 4.79 Å². The van der Waals surface area contributed by atoms with Crippen LogP contribution in [0.4, 0.5) is 5.69 Å². The lowest BCUT2D eigenvalue weighted by molar-refractivity contribution is -0.116. The van der Waals surface area contributed by atoms with Crippen molar-refractivity contribution in [2.45, 2.75) is 57.9 Å². The molecule has 0 bridgehead atoms. The van der Waals surface area contributed by atoms with Crippen molar-refractivity contribution in [3.05, 3.63) is 29.8 Å². The average molecular weight is 274 g/mol. The summed E-state index contributed by atoms with van der Waals surface area (Å²) in [7, 11) is 0. The molecule has 1 amide bonds. The van der Waals surface area contributed by atoms with Gasteiger partial charge in [-0.1, -0.05) is 31.9 Å². The highest BCUT2D eigenvalue weighted by molar-refractivity contribution is 5.90. The molecule has 0 radical (unpaired) electrons. The molecule has 1 aromatic rings. The summed E-state index contributed by atoms with van der Waals surface area (Å²) < 4.78 is 0. The second kappa shape index (κ2) is 8.05. The molecule has 20 heavy (non-hydrogen) atoms. The molecule has 1 atom stereocenters. The SMILES string of the molecule is CCCc1ccc(NC(=O)CCC2CCCCN2)cc1. The highest BCUT2D eigenvalue weighted by atomic mass is 16.1. The van der Waals surface area contributed by atoms with E-state index in [0.29, 0.717) is 12.5 Å². The van der Waals surface area contributed by atoms with Gasteiger partial charge in [0, 0.05) is 18.2 Å². The van der Waals surface area contributed by atoms with Crippen molar-refractivity contribution in [3.63, 3.8) is 0 Å². The Bertz CT molecular complexity index is 408. The van der Waals surface area contributed by atoms with E-state index in [-0.39, 0.29) is 5.91 Å². The summed E-state index contributed by atoms with van der Waals surface area (Å²) in [5, 5.41) is 6.46. The van der Waals surface area contributed by atoms with Crippen molar-refractivity contribution in [1.29, 1.82) is 0 Å². The van der Waals surface area contributed by atoms with E-state index in [4.69, 9.17) is 0 Å². The van der Waals surface area contributed by atoms with Crippen LogP contribution in [0.2, 0.25) is 0 Å². The lowest BCUT2D eigenvalue weighted by Gasteiger charge is -2.23. The molecule has 2 rings (SSSR count).